The molecule has 0 saturated carbocycles. The van der Waals surface area contributed by atoms with Crippen LogP contribution in [0.4, 0.5) is 5.69 Å². The number of thiazole rings is 1. The molecule has 0 bridgehead atoms. The van der Waals surface area contributed by atoms with Crippen LogP contribution in [0.25, 0.3) is 20.8 Å². The number of nitrogens with zero attached hydrogens (tertiary/aromatic N) is 3. The number of benzene rings is 4. The Morgan fingerprint density at radius 2 is 1.44 bits per heavy atom. The summed E-state index contributed by atoms with van der Waals surface area (Å²) in [6.45, 7) is 8.29. The Labute approximate surface area is 233 Å². The molecule has 1 saturated heterocycles. The van der Waals surface area contributed by atoms with Gasteiger partial charge in [0.05, 0.1) is 10.2 Å². The lowest BCUT2D eigenvalue weighted by molar-refractivity contribution is 0.102. The zero-order chi connectivity index (χ0) is 26.6. The maximum Gasteiger partial charge on any atom is 0.255 e. The van der Waals surface area contributed by atoms with Crippen molar-refractivity contribution in [3.8, 4) is 10.6 Å². The summed E-state index contributed by atoms with van der Waals surface area (Å²) in [6.07, 6.45) is 0. The van der Waals surface area contributed by atoms with Crippen molar-refractivity contribution >= 4 is 33.1 Å². The summed E-state index contributed by atoms with van der Waals surface area (Å²) >= 11 is 1.69. The Morgan fingerprint density at radius 1 is 0.795 bits per heavy atom. The Bertz CT molecular complexity index is 1550. The van der Waals surface area contributed by atoms with E-state index in [1.165, 1.54) is 21.4 Å². The monoisotopic (exact) mass is 532 g/mol. The van der Waals surface area contributed by atoms with Crippen LogP contribution in [0, 0.1) is 6.92 Å². The second-order valence-electron chi connectivity index (χ2n) is 10.3. The van der Waals surface area contributed by atoms with Gasteiger partial charge in [-0.1, -0.05) is 48.5 Å². The first-order valence-electron chi connectivity index (χ1n) is 13.5. The van der Waals surface area contributed by atoms with Crippen molar-refractivity contribution in [1.29, 1.82) is 0 Å². The Balaban J connectivity index is 1.01. The van der Waals surface area contributed by atoms with Crippen molar-refractivity contribution in [2.24, 2.45) is 0 Å². The number of aryl methyl sites for hydroxylation is 1. The lowest BCUT2D eigenvalue weighted by atomic mass is 10.1. The molecule has 6 rings (SSSR count). The standard InChI is InChI=1S/C33H32N4OS/c1-24-7-16-30-31(21-24)39-33(35-30)28-12-14-29(15-13-28)34-32(38)27-10-8-26(9-11-27)23-37-19-17-36(18-20-37)22-25-5-3-2-4-6-25/h2-16,21H,17-20,22-23H2,1H3,(H,34,38). The quantitative estimate of drug-likeness (QED) is 0.249. The number of piperazine rings is 1. The molecule has 1 aliphatic rings. The maximum atomic E-state index is 12.9. The van der Waals surface area contributed by atoms with Crippen molar-refractivity contribution in [2.45, 2.75) is 20.0 Å². The Morgan fingerprint density at radius 3 is 2.10 bits per heavy atom. The number of fused-ring (bicyclic) bond motifs is 1. The number of amides is 1. The van der Waals surface area contributed by atoms with Gasteiger partial charge >= 0.3 is 0 Å². The molecule has 2 heterocycles. The average molecular weight is 533 g/mol. The van der Waals surface area contributed by atoms with Crippen LogP contribution in [0.2, 0.25) is 0 Å². The first-order chi connectivity index (χ1) is 19.1. The van der Waals surface area contributed by atoms with E-state index in [4.69, 9.17) is 4.98 Å². The Hall–Kier alpha value is -3.84. The van der Waals surface area contributed by atoms with Crippen LogP contribution >= 0.6 is 11.3 Å². The van der Waals surface area contributed by atoms with Crippen molar-refractivity contribution in [2.75, 3.05) is 31.5 Å². The first kappa shape index (κ1) is 25.4. The number of hydrogen-bond acceptors (Lipinski definition) is 5. The number of rotatable bonds is 7. The van der Waals surface area contributed by atoms with E-state index < -0.39 is 0 Å². The van der Waals surface area contributed by atoms with Gasteiger partial charge in [0.25, 0.3) is 5.91 Å². The molecule has 0 spiro atoms. The van der Waals surface area contributed by atoms with Gasteiger partial charge in [-0.25, -0.2) is 4.98 Å². The molecule has 39 heavy (non-hydrogen) atoms. The van der Waals surface area contributed by atoms with E-state index >= 15 is 0 Å². The molecule has 196 valence electrons. The molecular weight excluding hydrogens is 500 g/mol. The number of carbonyl (C=O) groups is 1. The molecule has 0 radical (unpaired) electrons. The van der Waals surface area contributed by atoms with Gasteiger partial charge in [-0.05, 0) is 72.1 Å². The third kappa shape index (κ3) is 6.25. The molecule has 5 nitrogen and oxygen atoms in total. The van der Waals surface area contributed by atoms with Gasteiger partial charge in [0, 0.05) is 56.1 Å². The SMILES string of the molecule is Cc1ccc2nc(-c3ccc(NC(=O)c4ccc(CN5CCN(Cc6ccccc6)CC5)cc4)cc3)sc2c1. The van der Waals surface area contributed by atoms with Crippen molar-refractivity contribution < 1.29 is 4.79 Å². The van der Waals surface area contributed by atoms with E-state index in [2.05, 4.69) is 82.7 Å². The summed E-state index contributed by atoms with van der Waals surface area (Å²) in [5.74, 6) is -0.0979. The number of aromatic nitrogens is 1. The predicted octanol–water partition coefficient (Wildman–Crippen LogP) is 6.84. The third-order valence-electron chi connectivity index (χ3n) is 7.27. The summed E-state index contributed by atoms with van der Waals surface area (Å²) in [5, 5.41) is 4.01. The normalized spacial score (nSPS) is 14.5. The van der Waals surface area contributed by atoms with Gasteiger partial charge in [0.2, 0.25) is 0 Å². The fourth-order valence-electron chi connectivity index (χ4n) is 5.02. The number of carbonyl (C=O) groups excluding carboxylic acids is 1. The zero-order valence-electron chi connectivity index (χ0n) is 22.1. The van der Waals surface area contributed by atoms with Gasteiger partial charge in [-0.15, -0.1) is 11.3 Å². The fourth-order valence-corrected chi connectivity index (χ4v) is 6.09. The summed E-state index contributed by atoms with van der Waals surface area (Å²) in [4.78, 5) is 22.6. The van der Waals surface area contributed by atoms with Crippen molar-refractivity contribution in [3.05, 3.63) is 119 Å². The van der Waals surface area contributed by atoms with Gasteiger partial charge in [0.1, 0.15) is 5.01 Å². The molecule has 6 heteroatoms. The van der Waals surface area contributed by atoms with Crippen LogP contribution in [-0.2, 0) is 13.1 Å². The number of nitrogens with one attached hydrogen (secondary N) is 1. The molecule has 5 aromatic rings. The minimum Gasteiger partial charge on any atom is -0.322 e. The second kappa shape index (κ2) is 11.5. The topological polar surface area (TPSA) is 48.5 Å². The van der Waals surface area contributed by atoms with Gasteiger partial charge in [0.15, 0.2) is 0 Å². The fraction of sp³-hybridized carbons (Fsp3) is 0.212. The van der Waals surface area contributed by atoms with Crippen LogP contribution in [0.1, 0.15) is 27.0 Å². The molecule has 1 aliphatic heterocycles. The highest BCUT2D eigenvalue weighted by atomic mass is 32.1. The van der Waals surface area contributed by atoms with E-state index in [9.17, 15) is 4.79 Å². The molecule has 0 unspecified atom stereocenters. The van der Waals surface area contributed by atoms with E-state index in [1.807, 2.05) is 36.4 Å². The van der Waals surface area contributed by atoms with Crippen LogP contribution < -0.4 is 5.32 Å². The molecule has 0 atom stereocenters. The molecule has 0 aliphatic carbocycles. The van der Waals surface area contributed by atoms with E-state index in [0.29, 0.717) is 5.56 Å². The molecular formula is C33H32N4OS. The lowest BCUT2D eigenvalue weighted by Crippen LogP contribution is -2.45. The van der Waals surface area contributed by atoms with Crippen LogP contribution in [0.3, 0.4) is 0 Å². The minimum atomic E-state index is -0.0979. The molecule has 4 aromatic carbocycles. The predicted molar refractivity (Wildman–Crippen MR) is 161 cm³/mol. The number of hydrogen-bond donors (Lipinski definition) is 1. The molecule has 1 aromatic heterocycles. The minimum absolute atomic E-state index is 0.0979. The van der Waals surface area contributed by atoms with Gasteiger partial charge < -0.3 is 5.32 Å². The van der Waals surface area contributed by atoms with E-state index in [1.54, 1.807) is 11.3 Å². The van der Waals surface area contributed by atoms with Gasteiger partial charge in [-0.2, -0.15) is 0 Å². The summed E-state index contributed by atoms with van der Waals surface area (Å²) in [6, 6.07) is 32.9. The molecule has 1 N–H and O–H groups in total. The molecule has 1 amide bonds. The second-order valence-corrected chi connectivity index (χ2v) is 11.3. The first-order valence-corrected chi connectivity index (χ1v) is 14.3. The van der Waals surface area contributed by atoms with Crippen molar-refractivity contribution in [3.63, 3.8) is 0 Å². The van der Waals surface area contributed by atoms with Crippen LogP contribution in [0.5, 0.6) is 0 Å². The summed E-state index contributed by atoms with van der Waals surface area (Å²) in [5.41, 5.74) is 7.36. The highest BCUT2D eigenvalue weighted by molar-refractivity contribution is 7.21. The highest BCUT2D eigenvalue weighted by Gasteiger charge is 2.17. The highest BCUT2D eigenvalue weighted by Crippen LogP contribution is 2.31. The zero-order valence-corrected chi connectivity index (χ0v) is 23.0. The van der Waals surface area contributed by atoms with Crippen molar-refractivity contribution in [1.82, 2.24) is 14.8 Å². The Kier molecular flexibility index (Phi) is 7.50. The lowest BCUT2D eigenvalue weighted by Gasteiger charge is -2.34. The molecule has 1 fully saturated rings. The average Bonchev–Trinajstić information content (AvgIpc) is 3.39. The van der Waals surface area contributed by atoms with Crippen LogP contribution in [-0.4, -0.2) is 46.9 Å². The smallest absolute Gasteiger partial charge is 0.255 e. The van der Waals surface area contributed by atoms with Gasteiger partial charge in [-0.3, -0.25) is 14.6 Å². The summed E-state index contributed by atoms with van der Waals surface area (Å²) in [7, 11) is 0. The van der Waals surface area contributed by atoms with E-state index in [-0.39, 0.29) is 5.91 Å². The maximum absolute atomic E-state index is 12.9. The number of anilines is 1. The largest absolute Gasteiger partial charge is 0.322 e. The van der Waals surface area contributed by atoms with Crippen LogP contribution in [0.15, 0.2) is 97.1 Å². The summed E-state index contributed by atoms with van der Waals surface area (Å²) < 4.78 is 1.19. The van der Waals surface area contributed by atoms with E-state index in [0.717, 1.165) is 61.0 Å². The third-order valence-corrected chi connectivity index (χ3v) is 8.34.